The van der Waals surface area contributed by atoms with Crippen LogP contribution in [0.25, 0.3) is 0 Å². The molecule has 1 saturated heterocycles. The van der Waals surface area contributed by atoms with Crippen LogP contribution in [0.5, 0.6) is 0 Å². The minimum atomic E-state index is 0.119. The number of hydrogen-bond donors (Lipinski definition) is 2. The van der Waals surface area contributed by atoms with Gasteiger partial charge in [-0.25, -0.2) is 0 Å². The molecule has 3 heteroatoms. The summed E-state index contributed by atoms with van der Waals surface area (Å²) in [6.07, 6.45) is 2.65. The summed E-state index contributed by atoms with van der Waals surface area (Å²) in [5.41, 5.74) is 2.25. The molecule has 0 aliphatic carbocycles. The fourth-order valence-corrected chi connectivity index (χ4v) is 2.86. The van der Waals surface area contributed by atoms with E-state index in [1.54, 1.807) is 0 Å². The molecule has 3 nitrogen and oxygen atoms in total. The molecule has 2 atom stereocenters. The third-order valence-corrected chi connectivity index (χ3v) is 4.07. The second-order valence-corrected chi connectivity index (χ2v) is 5.80. The van der Waals surface area contributed by atoms with E-state index in [0.29, 0.717) is 6.04 Å². The Balaban J connectivity index is 1.84. The number of nitrogens with one attached hydrogen (secondary N) is 1. The zero-order valence-corrected chi connectivity index (χ0v) is 12.1. The molecule has 0 aromatic heterocycles. The predicted octanol–water partition coefficient (Wildman–Crippen LogP) is 2.17. The summed E-state index contributed by atoms with van der Waals surface area (Å²) in [5.74, 6) is 0.766. The number of aliphatic hydroxyl groups is 1. The van der Waals surface area contributed by atoms with E-state index in [1.165, 1.54) is 31.5 Å². The zero-order valence-electron chi connectivity index (χ0n) is 12.1. The molecule has 1 aliphatic heterocycles. The normalized spacial score (nSPS) is 22.4. The summed E-state index contributed by atoms with van der Waals surface area (Å²) in [7, 11) is 2.21. The Hall–Kier alpha value is -0.900. The van der Waals surface area contributed by atoms with Gasteiger partial charge in [0, 0.05) is 12.6 Å². The fraction of sp³-hybridized carbons (Fsp3) is 0.625. The molecule has 2 unspecified atom stereocenters. The van der Waals surface area contributed by atoms with Gasteiger partial charge in [-0.05, 0) is 56.9 Å². The molecule has 0 saturated carbocycles. The van der Waals surface area contributed by atoms with E-state index in [2.05, 4.69) is 36.3 Å². The van der Waals surface area contributed by atoms with Crippen LogP contribution in [0.2, 0.25) is 0 Å². The Kier molecular flexibility index (Phi) is 5.37. The summed E-state index contributed by atoms with van der Waals surface area (Å²) >= 11 is 0. The molecule has 2 rings (SSSR count). The number of piperidine rings is 1. The molecule has 1 aromatic carbocycles. The summed E-state index contributed by atoms with van der Waals surface area (Å²) < 4.78 is 0. The number of aliphatic hydroxyl groups excluding tert-OH is 1. The number of nitrogens with zero attached hydrogens (tertiary/aromatic N) is 1. The van der Waals surface area contributed by atoms with Crippen molar-refractivity contribution in [2.75, 3.05) is 26.7 Å². The van der Waals surface area contributed by atoms with Crippen LogP contribution in [0, 0.1) is 5.92 Å². The van der Waals surface area contributed by atoms with Gasteiger partial charge < -0.3 is 15.3 Å². The second-order valence-electron chi connectivity index (χ2n) is 5.80. The molecular formula is C16H26N2O. The lowest BCUT2D eigenvalue weighted by molar-refractivity contribution is 0.203. The van der Waals surface area contributed by atoms with E-state index in [9.17, 15) is 5.11 Å². The third kappa shape index (κ3) is 4.30. The molecule has 106 valence electrons. The Labute approximate surface area is 116 Å². The van der Waals surface area contributed by atoms with Gasteiger partial charge in [0.25, 0.3) is 0 Å². The zero-order chi connectivity index (χ0) is 13.7. The summed E-state index contributed by atoms with van der Waals surface area (Å²) in [5, 5.41) is 12.8. The van der Waals surface area contributed by atoms with Crippen molar-refractivity contribution in [3.8, 4) is 0 Å². The SMILES string of the molecule is CC(NCC1CCCN(C)C1)c1cccc(CO)c1. The first-order valence-electron chi connectivity index (χ1n) is 7.30. The van der Waals surface area contributed by atoms with Gasteiger partial charge >= 0.3 is 0 Å². The van der Waals surface area contributed by atoms with E-state index in [4.69, 9.17) is 0 Å². The first kappa shape index (κ1) is 14.5. The van der Waals surface area contributed by atoms with Crippen molar-refractivity contribution in [1.29, 1.82) is 0 Å². The maximum Gasteiger partial charge on any atom is 0.0681 e. The lowest BCUT2D eigenvalue weighted by Crippen LogP contribution is -2.37. The van der Waals surface area contributed by atoms with Crippen LogP contribution < -0.4 is 5.32 Å². The van der Waals surface area contributed by atoms with E-state index >= 15 is 0 Å². The number of rotatable bonds is 5. The molecule has 1 fully saturated rings. The molecule has 0 spiro atoms. The first-order chi connectivity index (χ1) is 9.19. The standard InChI is InChI=1S/C16H26N2O/c1-13(16-7-3-5-14(9-16)12-19)17-10-15-6-4-8-18(2)11-15/h3,5,7,9,13,15,17,19H,4,6,8,10-12H2,1-2H3. The highest BCUT2D eigenvalue weighted by Gasteiger charge is 2.17. The third-order valence-electron chi connectivity index (χ3n) is 4.07. The van der Waals surface area contributed by atoms with Gasteiger partial charge in [-0.2, -0.15) is 0 Å². The largest absolute Gasteiger partial charge is 0.392 e. The Morgan fingerprint density at radius 2 is 2.32 bits per heavy atom. The predicted molar refractivity (Wildman–Crippen MR) is 79.0 cm³/mol. The minimum Gasteiger partial charge on any atom is -0.392 e. The summed E-state index contributed by atoms with van der Waals surface area (Å²) in [4.78, 5) is 2.42. The maximum atomic E-state index is 9.18. The average molecular weight is 262 g/mol. The molecule has 1 heterocycles. The number of likely N-dealkylation sites (tertiary alicyclic amines) is 1. The summed E-state index contributed by atoms with van der Waals surface area (Å²) in [6, 6.07) is 8.55. The van der Waals surface area contributed by atoms with Crippen LogP contribution in [-0.4, -0.2) is 36.7 Å². The smallest absolute Gasteiger partial charge is 0.0681 e. The Morgan fingerprint density at radius 1 is 1.47 bits per heavy atom. The van der Waals surface area contributed by atoms with E-state index in [-0.39, 0.29) is 6.61 Å². The monoisotopic (exact) mass is 262 g/mol. The van der Waals surface area contributed by atoms with Crippen molar-refractivity contribution in [3.05, 3.63) is 35.4 Å². The van der Waals surface area contributed by atoms with Crippen molar-refractivity contribution in [2.45, 2.75) is 32.4 Å². The molecular weight excluding hydrogens is 236 g/mol. The topological polar surface area (TPSA) is 35.5 Å². The molecule has 1 aromatic rings. The van der Waals surface area contributed by atoms with Crippen LogP contribution in [0.3, 0.4) is 0 Å². The van der Waals surface area contributed by atoms with Crippen LogP contribution in [0.15, 0.2) is 24.3 Å². The van der Waals surface area contributed by atoms with Crippen LogP contribution in [0.4, 0.5) is 0 Å². The molecule has 0 radical (unpaired) electrons. The van der Waals surface area contributed by atoms with E-state index < -0.39 is 0 Å². The highest BCUT2D eigenvalue weighted by Crippen LogP contribution is 2.18. The van der Waals surface area contributed by atoms with Gasteiger partial charge in [0.1, 0.15) is 0 Å². The van der Waals surface area contributed by atoms with Gasteiger partial charge in [0.15, 0.2) is 0 Å². The van der Waals surface area contributed by atoms with E-state index in [1.807, 2.05) is 12.1 Å². The quantitative estimate of drug-likeness (QED) is 0.853. The van der Waals surface area contributed by atoms with Crippen LogP contribution in [-0.2, 0) is 6.61 Å². The van der Waals surface area contributed by atoms with Gasteiger partial charge in [-0.3, -0.25) is 0 Å². The fourth-order valence-electron chi connectivity index (χ4n) is 2.86. The van der Waals surface area contributed by atoms with Crippen LogP contribution in [0.1, 0.15) is 36.9 Å². The molecule has 0 bridgehead atoms. The van der Waals surface area contributed by atoms with Crippen molar-refractivity contribution in [3.63, 3.8) is 0 Å². The van der Waals surface area contributed by atoms with Gasteiger partial charge in [-0.1, -0.05) is 24.3 Å². The van der Waals surface area contributed by atoms with Crippen LogP contribution >= 0.6 is 0 Å². The van der Waals surface area contributed by atoms with Gasteiger partial charge in [0.2, 0.25) is 0 Å². The molecule has 0 amide bonds. The Morgan fingerprint density at radius 3 is 3.05 bits per heavy atom. The van der Waals surface area contributed by atoms with Gasteiger partial charge in [-0.15, -0.1) is 0 Å². The maximum absolute atomic E-state index is 9.18. The second kappa shape index (κ2) is 7.04. The minimum absolute atomic E-state index is 0.119. The van der Waals surface area contributed by atoms with Crippen molar-refractivity contribution >= 4 is 0 Å². The molecule has 1 aliphatic rings. The van der Waals surface area contributed by atoms with Crippen molar-refractivity contribution in [2.24, 2.45) is 5.92 Å². The van der Waals surface area contributed by atoms with Crippen molar-refractivity contribution < 1.29 is 5.11 Å². The highest BCUT2D eigenvalue weighted by atomic mass is 16.3. The number of benzene rings is 1. The van der Waals surface area contributed by atoms with Crippen molar-refractivity contribution in [1.82, 2.24) is 10.2 Å². The lowest BCUT2D eigenvalue weighted by Gasteiger charge is -2.30. The summed E-state index contributed by atoms with van der Waals surface area (Å²) in [6.45, 7) is 5.84. The number of hydrogen-bond acceptors (Lipinski definition) is 3. The highest BCUT2D eigenvalue weighted by molar-refractivity contribution is 5.25. The Bertz CT molecular complexity index is 394. The first-order valence-corrected chi connectivity index (χ1v) is 7.30. The van der Waals surface area contributed by atoms with E-state index in [0.717, 1.165) is 18.0 Å². The van der Waals surface area contributed by atoms with Gasteiger partial charge in [0.05, 0.1) is 6.61 Å². The lowest BCUT2D eigenvalue weighted by atomic mass is 9.97. The molecule has 2 N–H and O–H groups in total. The molecule has 19 heavy (non-hydrogen) atoms. The average Bonchev–Trinajstić information content (AvgIpc) is 2.45.